The number of benzene rings is 1. The fourth-order valence-electron chi connectivity index (χ4n) is 2.12. The number of hydrogen-bond donors (Lipinski definition) is 2. The highest BCUT2D eigenvalue weighted by molar-refractivity contribution is 7.12. The minimum Gasteiger partial charge on any atom is -0.379 e. The van der Waals surface area contributed by atoms with Crippen LogP contribution in [-0.4, -0.2) is 11.3 Å². The zero-order chi connectivity index (χ0) is 15.8. The van der Waals surface area contributed by atoms with Crippen molar-refractivity contribution < 1.29 is 5.11 Å². The Kier molecular flexibility index (Phi) is 6.67. The second-order valence-electron chi connectivity index (χ2n) is 5.56. The Morgan fingerprint density at radius 1 is 1.14 bits per heavy atom. The lowest BCUT2D eigenvalue weighted by Crippen LogP contribution is -2.27. The van der Waals surface area contributed by atoms with Crippen LogP contribution in [0.5, 0.6) is 0 Å². The molecule has 0 saturated heterocycles. The van der Waals surface area contributed by atoms with E-state index in [0.717, 1.165) is 30.6 Å². The minimum atomic E-state index is -0.725. The Morgan fingerprint density at radius 2 is 1.91 bits per heavy atom. The molecule has 1 heterocycles. The van der Waals surface area contributed by atoms with Crippen LogP contribution in [-0.2, 0) is 12.8 Å². The molecule has 22 heavy (non-hydrogen) atoms. The van der Waals surface area contributed by atoms with Crippen molar-refractivity contribution >= 4 is 11.3 Å². The quantitative estimate of drug-likeness (QED) is 0.632. The van der Waals surface area contributed by atoms with Gasteiger partial charge in [0.05, 0.1) is 4.88 Å². The van der Waals surface area contributed by atoms with Crippen molar-refractivity contribution in [2.45, 2.75) is 38.8 Å². The molecule has 2 nitrogen and oxygen atoms in total. The summed E-state index contributed by atoms with van der Waals surface area (Å²) in [6, 6.07) is 14.6. The van der Waals surface area contributed by atoms with E-state index in [1.54, 1.807) is 11.3 Å². The van der Waals surface area contributed by atoms with Crippen LogP contribution in [0.3, 0.4) is 0 Å². The third-order valence-electron chi connectivity index (χ3n) is 3.68. The van der Waals surface area contributed by atoms with Crippen LogP contribution >= 0.6 is 11.3 Å². The van der Waals surface area contributed by atoms with Gasteiger partial charge in [-0.3, -0.25) is 0 Å². The lowest BCUT2D eigenvalue weighted by atomic mass is 10.0. The molecule has 0 amide bonds. The first-order valence-corrected chi connectivity index (χ1v) is 8.52. The standard InChI is InChI=1S/C19H23NOS/c1-15(19(20)21)11-12-18-14-13-17(22-18)10-6-5-9-16-7-3-2-4-8-16/h2-4,7-8,13-15,19,21H,5,9,11-12,20H2,1H3. The van der Waals surface area contributed by atoms with Crippen molar-refractivity contribution in [2.24, 2.45) is 11.7 Å². The number of hydrogen-bond acceptors (Lipinski definition) is 3. The first-order valence-electron chi connectivity index (χ1n) is 7.70. The molecule has 2 rings (SSSR count). The van der Waals surface area contributed by atoms with Gasteiger partial charge in [-0.15, -0.1) is 11.3 Å². The minimum absolute atomic E-state index is 0.127. The summed E-state index contributed by atoms with van der Waals surface area (Å²) in [7, 11) is 0. The van der Waals surface area contributed by atoms with Gasteiger partial charge in [-0.1, -0.05) is 49.1 Å². The average molecular weight is 313 g/mol. The van der Waals surface area contributed by atoms with Gasteiger partial charge < -0.3 is 10.8 Å². The number of nitrogens with two attached hydrogens (primary N) is 1. The molecule has 0 aliphatic carbocycles. The predicted molar refractivity (Wildman–Crippen MR) is 93.6 cm³/mol. The molecule has 116 valence electrons. The highest BCUT2D eigenvalue weighted by Gasteiger charge is 2.09. The fourth-order valence-corrected chi connectivity index (χ4v) is 3.02. The summed E-state index contributed by atoms with van der Waals surface area (Å²) < 4.78 is 0. The topological polar surface area (TPSA) is 46.2 Å². The largest absolute Gasteiger partial charge is 0.379 e. The van der Waals surface area contributed by atoms with Gasteiger partial charge in [0.15, 0.2) is 0 Å². The Hall–Kier alpha value is -1.60. The Balaban J connectivity index is 1.78. The predicted octanol–water partition coefficient (Wildman–Crippen LogP) is 3.58. The number of aryl methyl sites for hydroxylation is 2. The van der Waals surface area contributed by atoms with Gasteiger partial charge >= 0.3 is 0 Å². The molecule has 0 saturated carbocycles. The second-order valence-corrected chi connectivity index (χ2v) is 6.73. The molecule has 0 fully saturated rings. The van der Waals surface area contributed by atoms with Gasteiger partial charge in [0.25, 0.3) is 0 Å². The van der Waals surface area contributed by atoms with Crippen molar-refractivity contribution in [1.29, 1.82) is 0 Å². The Bertz CT molecular complexity index is 622. The third-order valence-corrected chi connectivity index (χ3v) is 4.74. The first-order chi connectivity index (χ1) is 10.6. The van der Waals surface area contributed by atoms with Crippen LogP contribution in [0.15, 0.2) is 42.5 Å². The van der Waals surface area contributed by atoms with E-state index in [0.29, 0.717) is 0 Å². The zero-order valence-electron chi connectivity index (χ0n) is 13.0. The molecule has 1 aromatic heterocycles. The summed E-state index contributed by atoms with van der Waals surface area (Å²) in [5.41, 5.74) is 6.80. The van der Waals surface area contributed by atoms with Gasteiger partial charge in [0.1, 0.15) is 6.23 Å². The van der Waals surface area contributed by atoms with Gasteiger partial charge in [0.2, 0.25) is 0 Å². The molecule has 0 aliphatic rings. The van der Waals surface area contributed by atoms with E-state index in [1.165, 1.54) is 10.4 Å². The molecule has 3 N–H and O–H groups in total. The maximum atomic E-state index is 9.30. The van der Waals surface area contributed by atoms with Gasteiger partial charge in [-0.05, 0) is 42.9 Å². The van der Waals surface area contributed by atoms with Gasteiger partial charge in [0, 0.05) is 11.3 Å². The van der Waals surface area contributed by atoms with E-state index in [4.69, 9.17) is 5.73 Å². The molecule has 1 aromatic carbocycles. The van der Waals surface area contributed by atoms with Crippen LogP contribution in [0.2, 0.25) is 0 Å². The molecular formula is C19H23NOS. The van der Waals surface area contributed by atoms with Crippen LogP contribution in [0.1, 0.15) is 35.1 Å². The maximum Gasteiger partial charge on any atom is 0.105 e. The molecule has 2 unspecified atom stereocenters. The summed E-state index contributed by atoms with van der Waals surface area (Å²) >= 11 is 1.74. The van der Waals surface area contributed by atoms with Crippen LogP contribution in [0.25, 0.3) is 0 Å². The lowest BCUT2D eigenvalue weighted by Gasteiger charge is -2.12. The normalized spacial score (nSPS) is 13.2. The number of aliphatic hydroxyl groups is 1. The van der Waals surface area contributed by atoms with Gasteiger partial charge in [-0.2, -0.15) is 0 Å². The number of rotatable bonds is 6. The van der Waals surface area contributed by atoms with Crippen molar-refractivity contribution in [3.05, 3.63) is 57.8 Å². The highest BCUT2D eigenvalue weighted by Crippen LogP contribution is 2.19. The van der Waals surface area contributed by atoms with E-state index < -0.39 is 6.23 Å². The van der Waals surface area contributed by atoms with Crippen LogP contribution in [0, 0.1) is 17.8 Å². The summed E-state index contributed by atoms with van der Waals surface area (Å²) in [5, 5.41) is 9.30. The number of aliphatic hydroxyl groups excluding tert-OH is 1. The monoisotopic (exact) mass is 313 g/mol. The van der Waals surface area contributed by atoms with Crippen LogP contribution < -0.4 is 5.73 Å². The first kappa shape index (κ1) is 16.8. The summed E-state index contributed by atoms with van der Waals surface area (Å²) in [4.78, 5) is 2.42. The van der Waals surface area contributed by atoms with Crippen molar-refractivity contribution in [1.82, 2.24) is 0 Å². The zero-order valence-corrected chi connectivity index (χ0v) is 13.8. The fraction of sp³-hybridized carbons (Fsp3) is 0.368. The lowest BCUT2D eigenvalue weighted by molar-refractivity contribution is 0.119. The molecule has 2 aromatic rings. The second kappa shape index (κ2) is 8.75. The van der Waals surface area contributed by atoms with E-state index in [-0.39, 0.29) is 5.92 Å². The van der Waals surface area contributed by atoms with E-state index >= 15 is 0 Å². The molecule has 2 atom stereocenters. The molecule has 0 radical (unpaired) electrons. The third kappa shape index (κ3) is 5.65. The number of thiophene rings is 1. The Morgan fingerprint density at radius 3 is 2.64 bits per heavy atom. The van der Waals surface area contributed by atoms with E-state index in [1.807, 2.05) is 13.0 Å². The van der Waals surface area contributed by atoms with Gasteiger partial charge in [-0.25, -0.2) is 0 Å². The summed E-state index contributed by atoms with van der Waals surface area (Å²) in [6.45, 7) is 1.97. The summed E-state index contributed by atoms with van der Waals surface area (Å²) in [5.74, 6) is 6.61. The smallest absolute Gasteiger partial charge is 0.105 e. The molecule has 3 heteroatoms. The van der Waals surface area contributed by atoms with E-state index in [2.05, 4.69) is 48.2 Å². The Labute approximate surface area is 137 Å². The molecule has 0 aliphatic heterocycles. The SMILES string of the molecule is CC(CCc1ccc(C#CCCc2ccccc2)s1)C(N)O. The molecule has 0 bridgehead atoms. The molecular weight excluding hydrogens is 290 g/mol. The van der Waals surface area contributed by atoms with Crippen molar-refractivity contribution in [2.75, 3.05) is 0 Å². The van der Waals surface area contributed by atoms with Crippen molar-refractivity contribution in [3.63, 3.8) is 0 Å². The van der Waals surface area contributed by atoms with Crippen LogP contribution in [0.4, 0.5) is 0 Å². The molecule has 0 spiro atoms. The average Bonchev–Trinajstić information content (AvgIpc) is 2.98. The van der Waals surface area contributed by atoms with Crippen molar-refractivity contribution in [3.8, 4) is 11.8 Å². The van der Waals surface area contributed by atoms with E-state index in [9.17, 15) is 5.11 Å². The highest BCUT2D eigenvalue weighted by atomic mass is 32.1. The summed E-state index contributed by atoms with van der Waals surface area (Å²) in [6.07, 6.45) is 3.01. The maximum absolute atomic E-state index is 9.30.